The highest BCUT2D eigenvalue weighted by molar-refractivity contribution is 7.20. The maximum atomic E-state index is 4.55. The molecule has 0 amide bonds. The van der Waals surface area contributed by atoms with E-state index in [2.05, 4.69) is 39.8 Å². The summed E-state index contributed by atoms with van der Waals surface area (Å²) in [6.45, 7) is 3.41. The lowest BCUT2D eigenvalue weighted by molar-refractivity contribution is 0.189. The van der Waals surface area contributed by atoms with Gasteiger partial charge in [0.15, 0.2) is 0 Å². The first-order valence-electron chi connectivity index (χ1n) is 6.73. The number of nitrogens with one attached hydrogen (secondary N) is 1. The van der Waals surface area contributed by atoms with Crippen molar-refractivity contribution in [3.8, 4) is 9.88 Å². The molecule has 3 rings (SSSR count). The van der Waals surface area contributed by atoms with Crippen molar-refractivity contribution in [3.05, 3.63) is 28.6 Å². The van der Waals surface area contributed by atoms with Crippen molar-refractivity contribution in [3.63, 3.8) is 0 Å². The Bertz CT molecular complexity index is 512. The van der Waals surface area contributed by atoms with Crippen LogP contribution in [0.4, 0.5) is 0 Å². The van der Waals surface area contributed by atoms with Gasteiger partial charge in [-0.2, -0.15) is 0 Å². The third kappa shape index (κ3) is 3.80. The first-order valence-corrected chi connectivity index (χ1v) is 8.43. The molecule has 3 heterocycles. The minimum absolute atomic E-state index is 0. The van der Waals surface area contributed by atoms with E-state index in [0.717, 1.165) is 18.1 Å². The number of likely N-dealkylation sites (tertiary alicyclic amines) is 1. The van der Waals surface area contributed by atoms with E-state index >= 15 is 0 Å². The molecule has 0 saturated carbocycles. The van der Waals surface area contributed by atoms with Crippen molar-refractivity contribution in [1.29, 1.82) is 0 Å². The second-order valence-electron chi connectivity index (χ2n) is 4.97. The summed E-state index contributed by atoms with van der Waals surface area (Å²) in [5, 5.41) is 6.66. The number of hydrogen-bond donors (Lipinski definition) is 1. The van der Waals surface area contributed by atoms with Gasteiger partial charge in [-0.25, -0.2) is 4.98 Å². The van der Waals surface area contributed by atoms with Crippen LogP contribution in [-0.2, 0) is 6.54 Å². The summed E-state index contributed by atoms with van der Waals surface area (Å²) in [7, 11) is 2.07. The molecule has 0 aliphatic carbocycles. The smallest absolute Gasteiger partial charge is 0.133 e. The molecule has 1 atom stereocenters. The molecule has 0 radical (unpaired) electrons. The molecule has 1 aliphatic rings. The molecule has 3 nitrogen and oxygen atoms in total. The molecule has 0 spiro atoms. The van der Waals surface area contributed by atoms with E-state index in [9.17, 15) is 0 Å². The number of aromatic nitrogens is 1. The van der Waals surface area contributed by atoms with Crippen LogP contribution >= 0.6 is 35.1 Å². The zero-order valence-electron chi connectivity index (χ0n) is 11.5. The van der Waals surface area contributed by atoms with E-state index in [-0.39, 0.29) is 12.4 Å². The molecule has 1 unspecified atom stereocenters. The zero-order valence-corrected chi connectivity index (χ0v) is 14.0. The van der Waals surface area contributed by atoms with Crippen molar-refractivity contribution < 1.29 is 0 Å². The largest absolute Gasteiger partial charge is 0.316 e. The average molecular weight is 330 g/mol. The Kier molecular flexibility index (Phi) is 5.99. The van der Waals surface area contributed by atoms with Gasteiger partial charge in [-0.05, 0) is 37.9 Å². The Hall–Kier alpha value is -0.460. The minimum atomic E-state index is 0. The first kappa shape index (κ1) is 15.9. The summed E-state index contributed by atoms with van der Waals surface area (Å²) in [5.41, 5.74) is 0. The standard InChI is InChI=1S/C14H19N3S2.ClH/c1-15-11-4-2-6-17(9-11)10-12-8-16-14(19-12)13-5-3-7-18-13;/h3,5,7-8,11,15H,2,4,6,9-10H2,1H3;1H. The Morgan fingerprint density at radius 1 is 1.50 bits per heavy atom. The fourth-order valence-electron chi connectivity index (χ4n) is 2.55. The van der Waals surface area contributed by atoms with Crippen molar-refractivity contribution in [2.24, 2.45) is 0 Å². The lowest BCUT2D eigenvalue weighted by Crippen LogP contribution is -2.43. The molecule has 110 valence electrons. The summed E-state index contributed by atoms with van der Waals surface area (Å²) < 4.78 is 0. The van der Waals surface area contributed by atoms with E-state index in [0.29, 0.717) is 6.04 Å². The van der Waals surface area contributed by atoms with Crippen LogP contribution in [0.25, 0.3) is 9.88 Å². The normalized spacial score (nSPS) is 19.8. The van der Waals surface area contributed by atoms with Crippen LogP contribution in [0.15, 0.2) is 23.7 Å². The number of nitrogens with zero attached hydrogens (tertiary/aromatic N) is 2. The summed E-state index contributed by atoms with van der Waals surface area (Å²) >= 11 is 3.59. The molecule has 0 aromatic carbocycles. The molecule has 0 bridgehead atoms. The number of rotatable bonds is 4. The van der Waals surface area contributed by atoms with Crippen molar-refractivity contribution >= 4 is 35.1 Å². The maximum absolute atomic E-state index is 4.55. The highest BCUT2D eigenvalue weighted by atomic mass is 35.5. The molecule has 1 saturated heterocycles. The second-order valence-corrected chi connectivity index (χ2v) is 7.03. The third-order valence-electron chi connectivity index (χ3n) is 3.58. The highest BCUT2D eigenvalue weighted by Crippen LogP contribution is 2.29. The first-order chi connectivity index (χ1) is 9.35. The summed E-state index contributed by atoms with van der Waals surface area (Å²) in [6.07, 6.45) is 4.64. The molecule has 1 N–H and O–H groups in total. The van der Waals surface area contributed by atoms with Crippen LogP contribution in [0.2, 0.25) is 0 Å². The number of thiazole rings is 1. The van der Waals surface area contributed by atoms with Crippen LogP contribution in [-0.4, -0.2) is 36.1 Å². The Morgan fingerprint density at radius 2 is 2.40 bits per heavy atom. The van der Waals surface area contributed by atoms with Crippen LogP contribution in [0.3, 0.4) is 0 Å². The van der Waals surface area contributed by atoms with E-state index in [1.54, 1.807) is 11.3 Å². The van der Waals surface area contributed by atoms with Gasteiger partial charge < -0.3 is 5.32 Å². The van der Waals surface area contributed by atoms with Gasteiger partial charge in [0.25, 0.3) is 0 Å². The molecular formula is C14H20ClN3S2. The number of piperidine rings is 1. The van der Waals surface area contributed by atoms with Gasteiger partial charge in [-0.15, -0.1) is 35.1 Å². The molecule has 2 aromatic rings. The molecular weight excluding hydrogens is 310 g/mol. The van der Waals surface area contributed by atoms with Crippen LogP contribution in [0, 0.1) is 0 Å². The Balaban J connectivity index is 0.00000147. The van der Waals surface area contributed by atoms with Gasteiger partial charge in [-0.3, -0.25) is 4.90 Å². The SMILES string of the molecule is CNC1CCCN(Cc2cnc(-c3cccs3)s2)C1.Cl. The van der Waals surface area contributed by atoms with Gasteiger partial charge in [0.05, 0.1) is 4.88 Å². The van der Waals surface area contributed by atoms with E-state index in [1.807, 2.05) is 17.5 Å². The topological polar surface area (TPSA) is 28.2 Å². The van der Waals surface area contributed by atoms with Gasteiger partial charge in [0.1, 0.15) is 5.01 Å². The van der Waals surface area contributed by atoms with Gasteiger partial charge in [0.2, 0.25) is 0 Å². The number of halogens is 1. The lowest BCUT2D eigenvalue weighted by Gasteiger charge is -2.32. The molecule has 6 heteroatoms. The van der Waals surface area contributed by atoms with E-state index in [1.165, 1.54) is 29.1 Å². The quantitative estimate of drug-likeness (QED) is 0.930. The Morgan fingerprint density at radius 3 is 3.15 bits per heavy atom. The van der Waals surface area contributed by atoms with E-state index in [4.69, 9.17) is 0 Å². The lowest BCUT2D eigenvalue weighted by atomic mass is 10.1. The summed E-state index contributed by atoms with van der Waals surface area (Å²) in [4.78, 5) is 9.74. The van der Waals surface area contributed by atoms with Crippen molar-refractivity contribution in [2.75, 3.05) is 20.1 Å². The zero-order chi connectivity index (χ0) is 13.1. The van der Waals surface area contributed by atoms with E-state index < -0.39 is 0 Å². The fraction of sp³-hybridized carbons (Fsp3) is 0.500. The van der Waals surface area contributed by atoms with Crippen LogP contribution in [0.5, 0.6) is 0 Å². The monoisotopic (exact) mass is 329 g/mol. The van der Waals surface area contributed by atoms with Crippen LogP contribution < -0.4 is 5.32 Å². The predicted molar refractivity (Wildman–Crippen MR) is 90.0 cm³/mol. The number of likely N-dealkylation sites (N-methyl/N-ethyl adjacent to an activating group) is 1. The molecule has 2 aromatic heterocycles. The summed E-state index contributed by atoms with van der Waals surface area (Å²) in [5.74, 6) is 0. The maximum Gasteiger partial charge on any atom is 0.133 e. The number of thiophene rings is 1. The summed E-state index contributed by atoms with van der Waals surface area (Å²) in [6, 6.07) is 4.88. The molecule has 1 fully saturated rings. The third-order valence-corrected chi connectivity index (χ3v) is 5.60. The van der Waals surface area contributed by atoms with Gasteiger partial charge in [0, 0.05) is 30.2 Å². The fourth-order valence-corrected chi connectivity index (χ4v) is 4.31. The van der Waals surface area contributed by atoms with Gasteiger partial charge in [-0.1, -0.05) is 6.07 Å². The predicted octanol–water partition coefficient (Wildman–Crippen LogP) is 3.48. The van der Waals surface area contributed by atoms with Crippen molar-refractivity contribution in [1.82, 2.24) is 15.2 Å². The molecule has 1 aliphatic heterocycles. The van der Waals surface area contributed by atoms with Gasteiger partial charge >= 0.3 is 0 Å². The average Bonchev–Trinajstić information content (AvgIpc) is 3.09. The highest BCUT2D eigenvalue weighted by Gasteiger charge is 2.19. The second kappa shape index (κ2) is 7.52. The number of hydrogen-bond acceptors (Lipinski definition) is 5. The van der Waals surface area contributed by atoms with Crippen molar-refractivity contribution in [2.45, 2.75) is 25.4 Å². The molecule has 20 heavy (non-hydrogen) atoms. The minimum Gasteiger partial charge on any atom is -0.316 e. The Labute approximate surface area is 134 Å². The van der Waals surface area contributed by atoms with Crippen LogP contribution in [0.1, 0.15) is 17.7 Å².